The smallest absolute Gasteiger partial charge is 0.354 e. The molecule has 1 atom stereocenters. The number of aromatic carboxylic acids is 1. The second kappa shape index (κ2) is 7.48. The Morgan fingerprint density at radius 2 is 2.21 bits per heavy atom. The third kappa shape index (κ3) is 5.05. The number of amides is 1. The van der Waals surface area contributed by atoms with Crippen LogP contribution in [0.4, 0.5) is 0 Å². The van der Waals surface area contributed by atoms with Crippen molar-refractivity contribution in [2.45, 2.75) is 26.3 Å². The Labute approximate surface area is 112 Å². The van der Waals surface area contributed by atoms with Gasteiger partial charge in [-0.1, -0.05) is 13.0 Å². The van der Waals surface area contributed by atoms with Crippen LogP contribution in [0.3, 0.4) is 0 Å². The molecule has 0 aliphatic rings. The SMILES string of the molecule is CC(CCCN)C(=O)NCc1ccc(C(=O)O)nc1. The summed E-state index contributed by atoms with van der Waals surface area (Å²) in [6.07, 6.45) is 3.04. The van der Waals surface area contributed by atoms with Crippen LogP contribution in [0, 0.1) is 5.92 Å². The number of rotatable bonds is 7. The summed E-state index contributed by atoms with van der Waals surface area (Å²) in [7, 11) is 0. The van der Waals surface area contributed by atoms with E-state index in [0.717, 1.165) is 18.4 Å². The molecule has 6 nitrogen and oxygen atoms in total. The second-order valence-electron chi connectivity index (χ2n) is 4.41. The van der Waals surface area contributed by atoms with Gasteiger partial charge < -0.3 is 16.2 Å². The van der Waals surface area contributed by atoms with Gasteiger partial charge in [-0.05, 0) is 31.0 Å². The maximum absolute atomic E-state index is 11.7. The summed E-state index contributed by atoms with van der Waals surface area (Å²) in [6, 6.07) is 3.06. The van der Waals surface area contributed by atoms with Crippen molar-refractivity contribution >= 4 is 11.9 Å². The van der Waals surface area contributed by atoms with E-state index in [1.807, 2.05) is 6.92 Å². The van der Waals surface area contributed by atoms with E-state index < -0.39 is 5.97 Å². The molecule has 1 aromatic heterocycles. The van der Waals surface area contributed by atoms with E-state index in [4.69, 9.17) is 10.8 Å². The molecule has 1 amide bonds. The Morgan fingerprint density at radius 1 is 1.47 bits per heavy atom. The third-order valence-electron chi connectivity index (χ3n) is 2.80. The zero-order valence-electron chi connectivity index (χ0n) is 10.9. The van der Waals surface area contributed by atoms with Gasteiger partial charge in [0, 0.05) is 18.7 Å². The number of aromatic nitrogens is 1. The van der Waals surface area contributed by atoms with E-state index in [1.54, 1.807) is 6.07 Å². The highest BCUT2D eigenvalue weighted by molar-refractivity contribution is 5.85. The molecular weight excluding hydrogens is 246 g/mol. The molecular formula is C13H19N3O3. The lowest BCUT2D eigenvalue weighted by Gasteiger charge is -2.11. The summed E-state index contributed by atoms with van der Waals surface area (Å²) in [5.74, 6) is -1.17. The lowest BCUT2D eigenvalue weighted by atomic mass is 10.0. The van der Waals surface area contributed by atoms with Gasteiger partial charge in [-0.15, -0.1) is 0 Å². The number of carboxylic acids is 1. The van der Waals surface area contributed by atoms with E-state index in [-0.39, 0.29) is 17.5 Å². The number of carbonyl (C=O) groups excluding carboxylic acids is 1. The van der Waals surface area contributed by atoms with Crippen LogP contribution in [0.1, 0.15) is 35.8 Å². The van der Waals surface area contributed by atoms with Crippen LogP contribution in [0.25, 0.3) is 0 Å². The number of hydrogen-bond acceptors (Lipinski definition) is 4. The molecule has 1 aromatic rings. The van der Waals surface area contributed by atoms with E-state index in [0.29, 0.717) is 13.1 Å². The first-order valence-electron chi connectivity index (χ1n) is 6.20. The summed E-state index contributed by atoms with van der Waals surface area (Å²) < 4.78 is 0. The minimum Gasteiger partial charge on any atom is -0.477 e. The van der Waals surface area contributed by atoms with Crippen molar-refractivity contribution < 1.29 is 14.7 Å². The van der Waals surface area contributed by atoms with Crippen LogP contribution < -0.4 is 11.1 Å². The number of carbonyl (C=O) groups is 2. The largest absolute Gasteiger partial charge is 0.477 e. The average Bonchev–Trinajstić information content (AvgIpc) is 2.42. The Balaban J connectivity index is 2.43. The predicted octanol–water partition coefficient (Wildman–Crippen LogP) is 0.771. The molecule has 4 N–H and O–H groups in total. The maximum Gasteiger partial charge on any atom is 0.354 e. The number of nitrogens with two attached hydrogens (primary N) is 1. The van der Waals surface area contributed by atoms with Gasteiger partial charge in [0.1, 0.15) is 5.69 Å². The minimum atomic E-state index is -1.06. The van der Waals surface area contributed by atoms with Gasteiger partial charge in [-0.3, -0.25) is 4.79 Å². The summed E-state index contributed by atoms with van der Waals surface area (Å²) in [4.78, 5) is 26.1. The average molecular weight is 265 g/mol. The van der Waals surface area contributed by atoms with E-state index >= 15 is 0 Å². The predicted molar refractivity (Wildman–Crippen MR) is 70.5 cm³/mol. The second-order valence-corrected chi connectivity index (χ2v) is 4.41. The Hall–Kier alpha value is -1.95. The molecule has 0 saturated carbocycles. The summed E-state index contributed by atoms with van der Waals surface area (Å²) >= 11 is 0. The first-order chi connectivity index (χ1) is 9.04. The molecule has 0 spiro atoms. The Morgan fingerprint density at radius 3 is 2.74 bits per heavy atom. The Kier molecular flexibility index (Phi) is 5.95. The molecule has 6 heteroatoms. The number of hydrogen-bond donors (Lipinski definition) is 3. The summed E-state index contributed by atoms with van der Waals surface area (Å²) in [5, 5.41) is 11.5. The molecule has 1 rings (SSSR count). The highest BCUT2D eigenvalue weighted by Gasteiger charge is 2.11. The standard InChI is InChI=1S/C13H19N3O3/c1-9(3-2-6-14)12(17)16-8-10-4-5-11(13(18)19)15-7-10/h4-5,7,9H,2-3,6,8,14H2,1H3,(H,16,17)(H,18,19). The first kappa shape index (κ1) is 15.1. The number of carboxylic acid groups (broad SMARTS) is 1. The van der Waals surface area contributed by atoms with Gasteiger partial charge in [0.25, 0.3) is 0 Å². The van der Waals surface area contributed by atoms with Crippen molar-refractivity contribution in [3.8, 4) is 0 Å². The molecule has 0 aliphatic heterocycles. The van der Waals surface area contributed by atoms with Gasteiger partial charge in [0.15, 0.2) is 0 Å². The highest BCUT2D eigenvalue weighted by Crippen LogP contribution is 2.06. The van der Waals surface area contributed by atoms with Gasteiger partial charge in [0.05, 0.1) is 0 Å². The van der Waals surface area contributed by atoms with Crippen molar-refractivity contribution in [3.63, 3.8) is 0 Å². The summed E-state index contributed by atoms with van der Waals surface area (Å²) in [6.45, 7) is 2.79. The lowest BCUT2D eigenvalue weighted by Crippen LogP contribution is -2.29. The monoisotopic (exact) mass is 265 g/mol. The maximum atomic E-state index is 11.7. The molecule has 1 heterocycles. The molecule has 19 heavy (non-hydrogen) atoms. The van der Waals surface area contributed by atoms with Gasteiger partial charge in [0.2, 0.25) is 5.91 Å². The van der Waals surface area contributed by atoms with Crippen LogP contribution in [-0.2, 0) is 11.3 Å². The van der Waals surface area contributed by atoms with E-state index in [9.17, 15) is 9.59 Å². The molecule has 0 aromatic carbocycles. The zero-order chi connectivity index (χ0) is 14.3. The molecule has 0 radical (unpaired) electrons. The van der Waals surface area contributed by atoms with Gasteiger partial charge >= 0.3 is 5.97 Å². The number of nitrogens with zero attached hydrogens (tertiary/aromatic N) is 1. The molecule has 104 valence electrons. The normalized spacial score (nSPS) is 11.9. The number of nitrogens with one attached hydrogen (secondary N) is 1. The lowest BCUT2D eigenvalue weighted by molar-refractivity contribution is -0.124. The van der Waals surface area contributed by atoms with E-state index in [2.05, 4.69) is 10.3 Å². The van der Waals surface area contributed by atoms with Crippen LogP contribution in [0.5, 0.6) is 0 Å². The Bertz CT molecular complexity index is 431. The topological polar surface area (TPSA) is 105 Å². The van der Waals surface area contributed by atoms with E-state index in [1.165, 1.54) is 12.3 Å². The summed E-state index contributed by atoms with van der Waals surface area (Å²) in [5.41, 5.74) is 6.15. The minimum absolute atomic E-state index is 0.00797. The fraction of sp³-hybridized carbons (Fsp3) is 0.462. The molecule has 0 fully saturated rings. The van der Waals surface area contributed by atoms with Crippen LogP contribution >= 0.6 is 0 Å². The molecule has 0 saturated heterocycles. The molecule has 1 unspecified atom stereocenters. The van der Waals surface area contributed by atoms with Crippen molar-refractivity contribution in [1.29, 1.82) is 0 Å². The van der Waals surface area contributed by atoms with Crippen molar-refractivity contribution in [2.75, 3.05) is 6.54 Å². The fourth-order valence-corrected chi connectivity index (χ4v) is 1.57. The van der Waals surface area contributed by atoms with Crippen molar-refractivity contribution in [3.05, 3.63) is 29.6 Å². The van der Waals surface area contributed by atoms with Gasteiger partial charge in [-0.2, -0.15) is 0 Å². The highest BCUT2D eigenvalue weighted by atomic mass is 16.4. The van der Waals surface area contributed by atoms with Crippen LogP contribution in [0.15, 0.2) is 18.3 Å². The zero-order valence-corrected chi connectivity index (χ0v) is 10.9. The van der Waals surface area contributed by atoms with Crippen molar-refractivity contribution in [2.24, 2.45) is 11.7 Å². The van der Waals surface area contributed by atoms with Gasteiger partial charge in [-0.25, -0.2) is 9.78 Å². The first-order valence-corrected chi connectivity index (χ1v) is 6.20. The third-order valence-corrected chi connectivity index (χ3v) is 2.80. The molecule has 0 bridgehead atoms. The van der Waals surface area contributed by atoms with Crippen molar-refractivity contribution in [1.82, 2.24) is 10.3 Å². The molecule has 0 aliphatic carbocycles. The quantitative estimate of drug-likeness (QED) is 0.675. The fourth-order valence-electron chi connectivity index (χ4n) is 1.57. The number of pyridine rings is 1. The van der Waals surface area contributed by atoms with Crippen LogP contribution in [0.2, 0.25) is 0 Å². The van der Waals surface area contributed by atoms with Crippen LogP contribution in [-0.4, -0.2) is 28.5 Å².